The first-order valence-corrected chi connectivity index (χ1v) is 11.2. The summed E-state index contributed by atoms with van der Waals surface area (Å²) in [4.78, 5) is 14.1. The van der Waals surface area contributed by atoms with Gasteiger partial charge in [0.25, 0.3) is 0 Å². The maximum absolute atomic E-state index is 13.0. The van der Waals surface area contributed by atoms with Gasteiger partial charge < -0.3 is 4.74 Å². The van der Waals surface area contributed by atoms with Crippen LogP contribution in [0.4, 0.5) is 0 Å². The lowest BCUT2D eigenvalue weighted by Crippen LogP contribution is -2.48. The van der Waals surface area contributed by atoms with E-state index in [9.17, 15) is 13.2 Å². The minimum absolute atomic E-state index is 0.0710. The number of ether oxygens (including phenoxy) is 1. The van der Waals surface area contributed by atoms with E-state index in [1.165, 1.54) is 23.5 Å². The monoisotopic (exact) mass is 477 g/mol. The van der Waals surface area contributed by atoms with Gasteiger partial charge in [-0.2, -0.15) is 9.57 Å². The fourth-order valence-electron chi connectivity index (χ4n) is 3.15. The smallest absolute Gasteiger partial charge is 0.339 e. The lowest BCUT2D eigenvalue weighted by molar-refractivity contribution is 0.0599. The first-order valence-electron chi connectivity index (χ1n) is 8.94. The molecule has 1 heterocycles. The molecule has 0 atom stereocenters. The fraction of sp³-hybridized carbons (Fsp3) is 0.300. The van der Waals surface area contributed by atoms with Crippen molar-refractivity contribution in [2.75, 3.05) is 33.3 Å². The standard InChI is InChI=1S/C20H20BrN3O4S/c1-28-20(25)18-12-17(6-7-19(18)21)29(26,27)24-10-8-23(9-11-24)14-16-4-2-15(13-22)3-5-16/h2-7,12H,8-11,14H2,1H3. The highest BCUT2D eigenvalue weighted by atomic mass is 79.9. The lowest BCUT2D eigenvalue weighted by Gasteiger charge is -2.34. The van der Waals surface area contributed by atoms with E-state index in [1.54, 1.807) is 18.2 Å². The summed E-state index contributed by atoms with van der Waals surface area (Å²) in [5.41, 5.74) is 1.87. The molecule has 0 spiro atoms. The quantitative estimate of drug-likeness (QED) is 0.614. The van der Waals surface area contributed by atoms with Crippen molar-refractivity contribution in [3.05, 3.63) is 63.6 Å². The molecule has 0 unspecified atom stereocenters. The molecule has 7 nitrogen and oxygen atoms in total. The summed E-state index contributed by atoms with van der Waals surface area (Å²) in [6, 6.07) is 13.8. The van der Waals surface area contributed by atoms with Crippen LogP contribution in [0, 0.1) is 11.3 Å². The highest BCUT2D eigenvalue weighted by Gasteiger charge is 2.29. The van der Waals surface area contributed by atoms with Gasteiger partial charge in [-0.05, 0) is 51.8 Å². The predicted octanol–water partition coefficient (Wildman–Crippen LogP) is 2.61. The van der Waals surface area contributed by atoms with Gasteiger partial charge in [-0.3, -0.25) is 4.90 Å². The van der Waals surface area contributed by atoms with Crippen LogP contribution in [0.25, 0.3) is 0 Å². The van der Waals surface area contributed by atoms with E-state index < -0.39 is 16.0 Å². The van der Waals surface area contributed by atoms with E-state index in [0.29, 0.717) is 42.8 Å². The van der Waals surface area contributed by atoms with E-state index in [2.05, 4.69) is 26.9 Å². The van der Waals surface area contributed by atoms with Crippen molar-refractivity contribution in [2.45, 2.75) is 11.4 Å². The zero-order chi connectivity index (χ0) is 21.0. The summed E-state index contributed by atoms with van der Waals surface area (Å²) in [7, 11) is -2.45. The molecule has 0 saturated carbocycles. The Bertz CT molecular complexity index is 1040. The van der Waals surface area contributed by atoms with Crippen LogP contribution in [0.2, 0.25) is 0 Å². The number of benzene rings is 2. The van der Waals surface area contributed by atoms with Crippen molar-refractivity contribution in [1.82, 2.24) is 9.21 Å². The number of carbonyl (C=O) groups is 1. The van der Waals surface area contributed by atoms with Crippen LogP contribution < -0.4 is 0 Å². The number of hydrogen-bond donors (Lipinski definition) is 0. The number of methoxy groups -OCH3 is 1. The zero-order valence-corrected chi connectivity index (χ0v) is 18.2. The maximum Gasteiger partial charge on any atom is 0.339 e. The Balaban J connectivity index is 1.68. The molecule has 3 rings (SSSR count). The van der Waals surface area contributed by atoms with E-state index >= 15 is 0 Å². The van der Waals surface area contributed by atoms with E-state index in [-0.39, 0.29) is 10.5 Å². The van der Waals surface area contributed by atoms with Crippen molar-refractivity contribution in [1.29, 1.82) is 5.26 Å². The molecule has 0 radical (unpaired) electrons. The number of nitrogens with zero attached hydrogens (tertiary/aromatic N) is 3. The van der Waals surface area contributed by atoms with E-state index in [1.807, 2.05) is 12.1 Å². The SMILES string of the molecule is COC(=O)c1cc(S(=O)(=O)N2CCN(Cc3ccc(C#N)cc3)CC2)ccc1Br. The fourth-order valence-corrected chi connectivity index (χ4v) is 5.01. The molecule has 1 fully saturated rings. The molecule has 0 N–H and O–H groups in total. The molecule has 29 heavy (non-hydrogen) atoms. The molecule has 0 bridgehead atoms. The van der Waals surface area contributed by atoms with Crippen molar-refractivity contribution in [3.63, 3.8) is 0 Å². The predicted molar refractivity (Wildman–Crippen MR) is 111 cm³/mol. The Labute approximate surface area is 178 Å². The van der Waals surface area contributed by atoms with Crippen LogP contribution >= 0.6 is 15.9 Å². The van der Waals surface area contributed by atoms with Gasteiger partial charge in [0.2, 0.25) is 10.0 Å². The second-order valence-corrected chi connectivity index (χ2v) is 9.41. The number of sulfonamides is 1. The van der Waals surface area contributed by atoms with Gasteiger partial charge in [0.1, 0.15) is 0 Å². The molecule has 0 aromatic heterocycles. The van der Waals surface area contributed by atoms with Gasteiger partial charge in [0.15, 0.2) is 0 Å². The van der Waals surface area contributed by atoms with Gasteiger partial charge in [-0.1, -0.05) is 12.1 Å². The first kappa shape index (κ1) is 21.5. The minimum atomic E-state index is -3.71. The minimum Gasteiger partial charge on any atom is -0.465 e. The van der Waals surface area contributed by atoms with Crippen LogP contribution in [-0.2, 0) is 21.3 Å². The Morgan fingerprint density at radius 2 is 1.79 bits per heavy atom. The van der Waals surface area contributed by atoms with Crippen LogP contribution in [-0.4, -0.2) is 56.9 Å². The summed E-state index contributed by atoms with van der Waals surface area (Å²) in [6.07, 6.45) is 0. The summed E-state index contributed by atoms with van der Waals surface area (Å²) in [5, 5.41) is 8.87. The topological polar surface area (TPSA) is 90.7 Å². The number of rotatable bonds is 5. The Hall–Kier alpha value is -2.25. The van der Waals surface area contributed by atoms with Gasteiger partial charge in [0, 0.05) is 37.2 Å². The first-order chi connectivity index (χ1) is 13.8. The molecular weight excluding hydrogens is 458 g/mol. The average molecular weight is 478 g/mol. The second kappa shape index (κ2) is 9.05. The van der Waals surface area contributed by atoms with Crippen molar-refractivity contribution in [2.24, 2.45) is 0 Å². The molecular formula is C20H20BrN3O4S. The number of esters is 1. The molecule has 1 aliphatic rings. The second-order valence-electron chi connectivity index (χ2n) is 6.62. The molecule has 2 aromatic carbocycles. The van der Waals surface area contributed by atoms with Crippen LogP contribution in [0.1, 0.15) is 21.5 Å². The van der Waals surface area contributed by atoms with Crippen molar-refractivity contribution in [3.8, 4) is 6.07 Å². The molecule has 1 saturated heterocycles. The van der Waals surface area contributed by atoms with Crippen molar-refractivity contribution >= 4 is 31.9 Å². The third kappa shape index (κ3) is 4.85. The normalized spacial score (nSPS) is 15.6. The largest absolute Gasteiger partial charge is 0.465 e. The average Bonchev–Trinajstić information content (AvgIpc) is 2.74. The van der Waals surface area contributed by atoms with Gasteiger partial charge in [0.05, 0.1) is 29.2 Å². The number of carbonyl (C=O) groups excluding carboxylic acids is 1. The molecule has 9 heteroatoms. The number of halogens is 1. The van der Waals surface area contributed by atoms with Crippen LogP contribution in [0.15, 0.2) is 51.8 Å². The summed E-state index contributed by atoms with van der Waals surface area (Å²) < 4.78 is 32.6. The summed E-state index contributed by atoms with van der Waals surface area (Å²) in [5.74, 6) is -0.596. The zero-order valence-electron chi connectivity index (χ0n) is 15.8. The maximum atomic E-state index is 13.0. The van der Waals surface area contributed by atoms with Gasteiger partial charge >= 0.3 is 5.97 Å². The van der Waals surface area contributed by atoms with Gasteiger partial charge in [-0.15, -0.1) is 0 Å². The van der Waals surface area contributed by atoms with Crippen molar-refractivity contribution < 1.29 is 17.9 Å². The van der Waals surface area contributed by atoms with E-state index in [4.69, 9.17) is 10.00 Å². The number of hydrogen-bond acceptors (Lipinski definition) is 6. The molecule has 1 aliphatic heterocycles. The molecule has 0 aliphatic carbocycles. The van der Waals surface area contributed by atoms with E-state index in [0.717, 1.165) is 5.56 Å². The Morgan fingerprint density at radius 3 is 2.38 bits per heavy atom. The van der Waals surface area contributed by atoms with Crippen LogP contribution in [0.5, 0.6) is 0 Å². The molecule has 0 amide bonds. The summed E-state index contributed by atoms with van der Waals surface area (Å²) >= 11 is 3.25. The molecule has 152 valence electrons. The number of nitriles is 1. The highest BCUT2D eigenvalue weighted by Crippen LogP contribution is 2.25. The van der Waals surface area contributed by atoms with Crippen LogP contribution in [0.3, 0.4) is 0 Å². The third-order valence-electron chi connectivity index (χ3n) is 4.80. The lowest BCUT2D eigenvalue weighted by atomic mass is 10.1. The third-order valence-corrected chi connectivity index (χ3v) is 7.39. The highest BCUT2D eigenvalue weighted by molar-refractivity contribution is 9.10. The Kier molecular flexibility index (Phi) is 6.70. The van der Waals surface area contributed by atoms with Gasteiger partial charge in [-0.25, -0.2) is 13.2 Å². The summed E-state index contributed by atoms with van der Waals surface area (Å²) in [6.45, 7) is 2.62. The Morgan fingerprint density at radius 1 is 1.14 bits per heavy atom. The number of piperazine rings is 1. The molecule has 2 aromatic rings.